The van der Waals surface area contributed by atoms with Gasteiger partial charge in [0.1, 0.15) is 5.69 Å². The molecule has 0 amide bonds. The van der Waals surface area contributed by atoms with Crippen LogP contribution < -0.4 is 0 Å². The van der Waals surface area contributed by atoms with Gasteiger partial charge in [0.25, 0.3) is 0 Å². The fourth-order valence-electron chi connectivity index (χ4n) is 2.02. The summed E-state index contributed by atoms with van der Waals surface area (Å²) in [6, 6.07) is 12.6. The van der Waals surface area contributed by atoms with Gasteiger partial charge in [-0.25, -0.2) is 4.98 Å². The molecule has 3 rings (SSSR count). The molecule has 0 saturated heterocycles. The number of Topliss-reactive ketones (excluding diaryl/α,β-unsaturated/α-hetero) is 1. The number of halogens is 2. The summed E-state index contributed by atoms with van der Waals surface area (Å²) in [4.78, 5) is 20.9. The normalized spacial score (nSPS) is 10.8. The largest absolute Gasteiger partial charge is 0.292 e. The highest BCUT2D eigenvalue weighted by molar-refractivity contribution is 6.42. The van der Waals surface area contributed by atoms with E-state index in [1.165, 1.54) is 6.20 Å². The summed E-state index contributed by atoms with van der Waals surface area (Å²) >= 11 is 11.8. The molecule has 0 spiro atoms. The van der Waals surface area contributed by atoms with Crippen molar-refractivity contribution in [2.24, 2.45) is 0 Å². The van der Waals surface area contributed by atoms with Crippen LogP contribution in [0.15, 0.2) is 48.7 Å². The lowest BCUT2D eigenvalue weighted by Gasteiger charge is -2.04. The molecule has 2 aromatic carbocycles. The Kier molecular flexibility index (Phi) is 3.86. The predicted octanol–water partition coefficient (Wildman–Crippen LogP) is 4.36. The topological polar surface area (TPSA) is 42.9 Å². The third-order valence-electron chi connectivity index (χ3n) is 3.08. The van der Waals surface area contributed by atoms with Crippen molar-refractivity contribution in [2.75, 3.05) is 0 Å². The van der Waals surface area contributed by atoms with Crippen LogP contribution in [0.4, 0.5) is 0 Å². The molecule has 5 heteroatoms. The Hall–Kier alpha value is -1.97. The van der Waals surface area contributed by atoms with E-state index in [2.05, 4.69) is 9.97 Å². The maximum absolute atomic E-state index is 12.3. The Balaban J connectivity index is 1.87. The lowest BCUT2D eigenvalue weighted by atomic mass is 10.1. The number of hydrogen-bond acceptors (Lipinski definition) is 3. The molecule has 0 unspecified atom stereocenters. The molecule has 21 heavy (non-hydrogen) atoms. The highest BCUT2D eigenvalue weighted by Crippen LogP contribution is 2.23. The fourth-order valence-corrected chi connectivity index (χ4v) is 2.34. The van der Waals surface area contributed by atoms with Crippen molar-refractivity contribution in [1.82, 2.24) is 9.97 Å². The van der Waals surface area contributed by atoms with Crippen LogP contribution in [-0.4, -0.2) is 15.8 Å². The molecule has 0 aliphatic rings. The van der Waals surface area contributed by atoms with Crippen molar-refractivity contribution in [3.63, 3.8) is 0 Å². The molecule has 0 atom stereocenters. The van der Waals surface area contributed by atoms with E-state index in [-0.39, 0.29) is 12.2 Å². The molecular formula is C16H10Cl2N2O. The summed E-state index contributed by atoms with van der Waals surface area (Å²) in [6.45, 7) is 0. The molecule has 0 fully saturated rings. The summed E-state index contributed by atoms with van der Waals surface area (Å²) in [5, 5.41) is 0.907. The predicted molar refractivity (Wildman–Crippen MR) is 84.0 cm³/mol. The number of aromatic nitrogens is 2. The number of nitrogens with zero attached hydrogens (tertiary/aromatic N) is 2. The highest BCUT2D eigenvalue weighted by Gasteiger charge is 2.11. The van der Waals surface area contributed by atoms with Crippen LogP contribution in [0.2, 0.25) is 10.0 Å². The Morgan fingerprint density at radius 3 is 2.52 bits per heavy atom. The van der Waals surface area contributed by atoms with E-state index in [0.29, 0.717) is 21.3 Å². The SMILES string of the molecule is O=C(Cc1ccc(Cl)c(Cl)c1)c1cnc2ccccc2n1. The van der Waals surface area contributed by atoms with Crippen LogP contribution >= 0.6 is 23.2 Å². The minimum absolute atomic E-state index is 0.105. The molecule has 1 aromatic heterocycles. The zero-order valence-corrected chi connectivity index (χ0v) is 12.4. The smallest absolute Gasteiger partial charge is 0.187 e. The first-order chi connectivity index (χ1) is 10.1. The van der Waals surface area contributed by atoms with E-state index >= 15 is 0 Å². The minimum Gasteiger partial charge on any atom is -0.292 e. The number of rotatable bonds is 3. The van der Waals surface area contributed by atoms with E-state index in [1.807, 2.05) is 24.3 Å². The number of benzene rings is 2. The second kappa shape index (κ2) is 5.80. The number of carbonyl (C=O) groups is 1. The Morgan fingerprint density at radius 2 is 1.76 bits per heavy atom. The first kappa shape index (κ1) is 14.0. The zero-order valence-electron chi connectivity index (χ0n) is 10.9. The molecule has 0 aliphatic heterocycles. The number of carbonyl (C=O) groups excluding carboxylic acids is 1. The number of ketones is 1. The van der Waals surface area contributed by atoms with E-state index < -0.39 is 0 Å². The Labute approximate surface area is 131 Å². The third-order valence-corrected chi connectivity index (χ3v) is 3.82. The van der Waals surface area contributed by atoms with Gasteiger partial charge in [-0.15, -0.1) is 0 Å². The average Bonchev–Trinajstić information content (AvgIpc) is 2.50. The maximum Gasteiger partial charge on any atom is 0.187 e. The van der Waals surface area contributed by atoms with Gasteiger partial charge >= 0.3 is 0 Å². The van der Waals surface area contributed by atoms with Gasteiger partial charge in [0, 0.05) is 6.42 Å². The Bertz CT molecular complexity index is 833. The van der Waals surface area contributed by atoms with Gasteiger partial charge in [-0.3, -0.25) is 9.78 Å². The molecule has 0 saturated carbocycles. The summed E-state index contributed by atoms with van der Waals surface area (Å²) in [5.74, 6) is -0.105. The lowest BCUT2D eigenvalue weighted by Crippen LogP contribution is -2.07. The van der Waals surface area contributed by atoms with Crippen molar-refractivity contribution >= 4 is 40.0 Å². The first-order valence-electron chi connectivity index (χ1n) is 6.32. The van der Waals surface area contributed by atoms with Gasteiger partial charge in [-0.05, 0) is 29.8 Å². The summed E-state index contributed by atoms with van der Waals surface area (Å²) in [7, 11) is 0. The molecule has 3 nitrogen and oxygen atoms in total. The van der Waals surface area contributed by atoms with E-state index in [4.69, 9.17) is 23.2 Å². The summed E-state index contributed by atoms with van der Waals surface area (Å²) < 4.78 is 0. The number of fused-ring (bicyclic) bond motifs is 1. The first-order valence-corrected chi connectivity index (χ1v) is 7.08. The van der Waals surface area contributed by atoms with E-state index in [1.54, 1.807) is 18.2 Å². The lowest BCUT2D eigenvalue weighted by molar-refractivity contribution is 0.0988. The highest BCUT2D eigenvalue weighted by atomic mass is 35.5. The monoisotopic (exact) mass is 316 g/mol. The van der Waals surface area contributed by atoms with Gasteiger partial charge < -0.3 is 0 Å². The van der Waals surface area contributed by atoms with Crippen molar-refractivity contribution in [2.45, 2.75) is 6.42 Å². The number of para-hydroxylation sites is 2. The molecule has 0 N–H and O–H groups in total. The molecule has 104 valence electrons. The second-order valence-electron chi connectivity index (χ2n) is 4.59. The van der Waals surface area contributed by atoms with Gasteiger partial charge in [-0.1, -0.05) is 41.4 Å². The molecule has 0 aliphatic carbocycles. The summed E-state index contributed by atoms with van der Waals surface area (Å²) in [6.07, 6.45) is 1.71. The molecular weight excluding hydrogens is 307 g/mol. The molecule has 1 heterocycles. The van der Waals surface area contributed by atoms with Crippen molar-refractivity contribution in [1.29, 1.82) is 0 Å². The Morgan fingerprint density at radius 1 is 1.00 bits per heavy atom. The van der Waals surface area contributed by atoms with Crippen LogP contribution in [0, 0.1) is 0 Å². The quantitative estimate of drug-likeness (QED) is 0.674. The van der Waals surface area contributed by atoms with Crippen LogP contribution in [0.5, 0.6) is 0 Å². The van der Waals surface area contributed by atoms with Crippen molar-refractivity contribution < 1.29 is 4.79 Å². The van der Waals surface area contributed by atoms with Crippen LogP contribution in [-0.2, 0) is 6.42 Å². The van der Waals surface area contributed by atoms with Gasteiger partial charge in [0.05, 0.1) is 27.3 Å². The van der Waals surface area contributed by atoms with Crippen LogP contribution in [0.1, 0.15) is 16.1 Å². The van der Waals surface area contributed by atoms with E-state index in [9.17, 15) is 4.79 Å². The second-order valence-corrected chi connectivity index (χ2v) is 5.41. The standard InChI is InChI=1S/C16H10Cl2N2O/c17-11-6-5-10(7-12(11)18)8-16(21)15-9-19-13-3-1-2-4-14(13)20-15/h1-7,9H,8H2. The third kappa shape index (κ3) is 3.04. The van der Waals surface area contributed by atoms with E-state index in [0.717, 1.165) is 11.1 Å². The van der Waals surface area contributed by atoms with Gasteiger partial charge in [0.15, 0.2) is 5.78 Å². The molecule has 0 bridgehead atoms. The maximum atomic E-state index is 12.3. The van der Waals surface area contributed by atoms with Crippen molar-refractivity contribution in [3.8, 4) is 0 Å². The number of hydrogen-bond donors (Lipinski definition) is 0. The molecule has 0 radical (unpaired) electrons. The zero-order chi connectivity index (χ0) is 14.8. The summed E-state index contributed by atoms with van der Waals surface area (Å²) in [5.41, 5.74) is 2.62. The van der Waals surface area contributed by atoms with Gasteiger partial charge in [0.2, 0.25) is 0 Å². The van der Waals surface area contributed by atoms with Gasteiger partial charge in [-0.2, -0.15) is 0 Å². The van der Waals surface area contributed by atoms with Crippen molar-refractivity contribution in [3.05, 3.63) is 70.0 Å². The average molecular weight is 317 g/mol. The van der Waals surface area contributed by atoms with Crippen LogP contribution in [0.25, 0.3) is 11.0 Å². The van der Waals surface area contributed by atoms with Crippen LogP contribution in [0.3, 0.4) is 0 Å². The molecule has 3 aromatic rings. The fraction of sp³-hybridized carbons (Fsp3) is 0.0625. The minimum atomic E-state index is -0.105.